The molecule has 3 aromatic carbocycles. The highest BCUT2D eigenvalue weighted by Crippen LogP contribution is 2.37. The number of carboxylic acids is 1. The molecule has 1 aromatic heterocycles. The number of aliphatic hydroxyl groups excluding tert-OH is 1. The molecule has 3 N–H and O–H groups in total. The minimum atomic E-state index is -4.65. The van der Waals surface area contributed by atoms with E-state index in [1.165, 1.54) is 25.3 Å². The third-order valence-electron chi connectivity index (χ3n) is 10.4. The van der Waals surface area contributed by atoms with Crippen LogP contribution in [-0.4, -0.2) is 76.3 Å². The monoisotopic (exact) mass is 753 g/mol. The van der Waals surface area contributed by atoms with E-state index in [9.17, 15) is 38.2 Å². The molecule has 0 aliphatic carbocycles. The number of amides is 1. The van der Waals surface area contributed by atoms with Crippen LogP contribution in [0.15, 0.2) is 60.8 Å². The van der Waals surface area contributed by atoms with Crippen LogP contribution in [0.1, 0.15) is 67.8 Å². The number of aryl methyl sites for hydroxylation is 1. The first-order valence-corrected chi connectivity index (χ1v) is 18.0. The first-order chi connectivity index (χ1) is 26.2. The maximum absolute atomic E-state index is 14.4. The standard InChI is InChI=1S/C42H42F3N5O5/c1-25-16-28(36(42(43,44)45)17-30(25)22-49-14-12-29(21-49)41(53)54)11-10-27-6-4-8-34(35(27)19-46)33-7-5-9-37(26(33)2)48-40(52)38-18-39(55-3)31(20-47-38)23-50-15-13-32(51)24-50/h4-11,16-18,20,29,32,51H,12-15,21-24H2,1-3H3,(H,48,52)(H,53,54)/b11-10+/t29-,32-/m1/s1. The molecule has 0 saturated carbocycles. The zero-order valence-corrected chi connectivity index (χ0v) is 30.8. The molecule has 0 bridgehead atoms. The number of anilines is 1. The number of nitriles is 1. The van der Waals surface area contributed by atoms with Crippen molar-refractivity contribution >= 4 is 29.7 Å². The van der Waals surface area contributed by atoms with E-state index in [1.54, 1.807) is 56.4 Å². The SMILES string of the molecule is COc1cc(C(=O)Nc2cccc(-c3cccc(/C=C/c4cc(C)c(CN5CC[C@@H](C(=O)O)C5)cc4C(F)(F)F)c3C#N)c2C)ncc1CN1CC[C@@H](O)C1. The second-order valence-corrected chi connectivity index (χ2v) is 14.1. The predicted molar refractivity (Wildman–Crippen MR) is 202 cm³/mol. The molecule has 2 saturated heterocycles. The number of likely N-dealkylation sites (tertiary alicyclic amines) is 2. The van der Waals surface area contributed by atoms with Crippen molar-refractivity contribution in [3.8, 4) is 22.9 Å². The van der Waals surface area contributed by atoms with Gasteiger partial charge >= 0.3 is 12.1 Å². The molecule has 10 nitrogen and oxygen atoms in total. The van der Waals surface area contributed by atoms with Crippen molar-refractivity contribution < 1.29 is 37.7 Å². The summed E-state index contributed by atoms with van der Waals surface area (Å²) >= 11 is 0. The summed E-state index contributed by atoms with van der Waals surface area (Å²) in [6.45, 7) is 6.36. The number of pyridine rings is 1. The predicted octanol–water partition coefficient (Wildman–Crippen LogP) is 7.16. The number of nitrogens with zero attached hydrogens (tertiary/aromatic N) is 4. The van der Waals surface area contributed by atoms with E-state index in [4.69, 9.17) is 4.74 Å². The van der Waals surface area contributed by atoms with Crippen LogP contribution in [0.2, 0.25) is 0 Å². The molecule has 2 atom stereocenters. The molecule has 2 fully saturated rings. The second-order valence-electron chi connectivity index (χ2n) is 14.1. The summed E-state index contributed by atoms with van der Waals surface area (Å²) in [5.74, 6) is -1.40. The summed E-state index contributed by atoms with van der Waals surface area (Å²) in [7, 11) is 1.52. The number of alkyl halides is 3. The van der Waals surface area contributed by atoms with Gasteiger partial charge in [-0.25, -0.2) is 0 Å². The smallest absolute Gasteiger partial charge is 0.416 e. The van der Waals surface area contributed by atoms with Crippen LogP contribution in [0.5, 0.6) is 5.75 Å². The summed E-state index contributed by atoms with van der Waals surface area (Å²) in [5, 5.41) is 32.5. The lowest BCUT2D eigenvalue weighted by molar-refractivity contribution is -0.141. The number of carboxylic acid groups (broad SMARTS) is 1. The van der Waals surface area contributed by atoms with Gasteiger partial charge < -0.3 is 20.3 Å². The lowest BCUT2D eigenvalue weighted by Gasteiger charge is -2.20. The van der Waals surface area contributed by atoms with E-state index in [1.807, 2.05) is 11.0 Å². The van der Waals surface area contributed by atoms with E-state index in [0.717, 1.165) is 18.2 Å². The van der Waals surface area contributed by atoms with Gasteiger partial charge in [-0.05, 0) is 78.7 Å². The molecular weight excluding hydrogens is 711 g/mol. The fourth-order valence-corrected chi connectivity index (χ4v) is 7.33. The Morgan fingerprint density at radius 3 is 2.35 bits per heavy atom. The average molecular weight is 754 g/mol. The molecule has 0 radical (unpaired) electrons. The van der Waals surface area contributed by atoms with Crippen molar-refractivity contribution in [2.45, 2.75) is 52.1 Å². The Labute approximate surface area is 317 Å². The summed E-state index contributed by atoms with van der Waals surface area (Å²) < 4.78 is 48.7. The van der Waals surface area contributed by atoms with Crippen LogP contribution < -0.4 is 10.1 Å². The first-order valence-electron chi connectivity index (χ1n) is 18.0. The molecule has 55 heavy (non-hydrogen) atoms. The Kier molecular flexibility index (Phi) is 11.7. The quantitative estimate of drug-likeness (QED) is 0.136. The molecular formula is C42H42F3N5O5. The van der Waals surface area contributed by atoms with Gasteiger partial charge in [-0.3, -0.25) is 24.4 Å². The van der Waals surface area contributed by atoms with Crippen LogP contribution >= 0.6 is 0 Å². The molecule has 4 aromatic rings. The number of β-amino-alcohol motifs (C(OH)–C–C–N with tert-alkyl or cyclic N) is 1. The second kappa shape index (κ2) is 16.4. The van der Waals surface area contributed by atoms with Gasteiger partial charge in [0.05, 0.1) is 30.3 Å². The minimum absolute atomic E-state index is 0.0538. The zero-order chi connectivity index (χ0) is 39.4. The van der Waals surface area contributed by atoms with Gasteiger partial charge in [0.2, 0.25) is 0 Å². The van der Waals surface area contributed by atoms with Crippen molar-refractivity contribution in [3.63, 3.8) is 0 Å². The summed E-state index contributed by atoms with van der Waals surface area (Å²) in [5.41, 5.74) is 4.20. The molecule has 0 unspecified atom stereocenters. The highest BCUT2D eigenvalue weighted by Gasteiger charge is 2.34. The van der Waals surface area contributed by atoms with Gasteiger partial charge in [0.1, 0.15) is 17.5 Å². The highest BCUT2D eigenvalue weighted by atomic mass is 19.4. The highest BCUT2D eigenvalue weighted by molar-refractivity contribution is 6.04. The van der Waals surface area contributed by atoms with Gasteiger partial charge in [0.25, 0.3) is 5.91 Å². The van der Waals surface area contributed by atoms with E-state index in [2.05, 4.69) is 21.3 Å². The van der Waals surface area contributed by atoms with Gasteiger partial charge in [-0.2, -0.15) is 18.4 Å². The molecule has 2 aliphatic rings. The number of nitrogens with one attached hydrogen (secondary N) is 1. The average Bonchev–Trinajstić information content (AvgIpc) is 3.80. The van der Waals surface area contributed by atoms with E-state index in [0.29, 0.717) is 77.3 Å². The van der Waals surface area contributed by atoms with E-state index < -0.39 is 29.5 Å². The summed E-state index contributed by atoms with van der Waals surface area (Å²) in [6.07, 6.45) is 0.589. The molecule has 286 valence electrons. The van der Waals surface area contributed by atoms with Crippen LogP contribution in [0.3, 0.4) is 0 Å². The van der Waals surface area contributed by atoms with Crippen molar-refractivity contribution in [2.24, 2.45) is 5.92 Å². The summed E-state index contributed by atoms with van der Waals surface area (Å²) in [6, 6.07) is 16.8. The number of ether oxygens (including phenoxy) is 1. The van der Waals surface area contributed by atoms with E-state index in [-0.39, 0.29) is 36.0 Å². The third kappa shape index (κ3) is 8.89. The molecule has 0 spiro atoms. The number of aliphatic hydroxyl groups is 1. The molecule has 13 heteroatoms. The van der Waals surface area contributed by atoms with Crippen molar-refractivity contribution in [2.75, 3.05) is 38.6 Å². The number of rotatable bonds is 11. The minimum Gasteiger partial charge on any atom is -0.496 e. The third-order valence-corrected chi connectivity index (χ3v) is 10.4. The van der Waals surface area contributed by atoms with Crippen LogP contribution in [0, 0.1) is 31.1 Å². The van der Waals surface area contributed by atoms with Crippen LogP contribution in [0.25, 0.3) is 23.3 Å². The molecule has 3 heterocycles. The topological polar surface area (TPSA) is 139 Å². The van der Waals surface area contributed by atoms with Crippen molar-refractivity contribution in [3.05, 3.63) is 111 Å². The van der Waals surface area contributed by atoms with Gasteiger partial charge in [-0.1, -0.05) is 48.6 Å². The van der Waals surface area contributed by atoms with Crippen LogP contribution in [-0.2, 0) is 24.1 Å². The normalized spacial score (nSPS) is 17.8. The molecule has 1 amide bonds. The van der Waals surface area contributed by atoms with Crippen molar-refractivity contribution in [1.82, 2.24) is 14.8 Å². The number of aliphatic carboxylic acids is 1. The number of hydrogen-bond acceptors (Lipinski definition) is 8. The lowest BCUT2D eigenvalue weighted by atomic mass is 9.92. The fraction of sp³-hybridized carbons (Fsp3) is 0.333. The largest absolute Gasteiger partial charge is 0.496 e. The van der Waals surface area contributed by atoms with Gasteiger partial charge in [0, 0.05) is 61.8 Å². The lowest BCUT2D eigenvalue weighted by Crippen LogP contribution is -2.23. The number of carbonyl (C=O) groups excluding carboxylic acids is 1. The Balaban J connectivity index is 1.24. The van der Waals surface area contributed by atoms with Gasteiger partial charge in [0.15, 0.2) is 0 Å². The Bertz CT molecular complexity index is 2180. The number of halogens is 3. The Morgan fingerprint density at radius 2 is 1.67 bits per heavy atom. The number of methoxy groups -OCH3 is 1. The Hall–Kier alpha value is -5.55. The van der Waals surface area contributed by atoms with E-state index >= 15 is 0 Å². The number of hydrogen-bond donors (Lipinski definition) is 3. The zero-order valence-electron chi connectivity index (χ0n) is 30.8. The first kappa shape index (κ1) is 39.2. The van der Waals surface area contributed by atoms with Crippen molar-refractivity contribution in [1.29, 1.82) is 5.26 Å². The number of carbonyl (C=O) groups is 2. The number of benzene rings is 3. The van der Waals surface area contributed by atoms with Gasteiger partial charge in [-0.15, -0.1) is 0 Å². The maximum atomic E-state index is 14.4. The summed E-state index contributed by atoms with van der Waals surface area (Å²) in [4.78, 5) is 33.1. The molecule has 6 rings (SSSR count). The number of aromatic nitrogens is 1. The van der Waals surface area contributed by atoms with Crippen LogP contribution in [0.4, 0.5) is 18.9 Å². The maximum Gasteiger partial charge on any atom is 0.416 e. The molecule has 2 aliphatic heterocycles. The Morgan fingerprint density at radius 1 is 0.982 bits per heavy atom. The fourth-order valence-electron chi connectivity index (χ4n) is 7.33.